The zero-order valence-corrected chi connectivity index (χ0v) is 15.7. The summed E-state index contributed by atoms with van der Waals surface area (Å²) in [5.74, 6) is -1.51. The Labute approximate surface area is 148 Å². The minimum atomic E-state index is -3.11. The smallest absolute Gasteiger partial charge is 0.313 e. The average molecular weight is 367 g/mol. The van der Waals surface area contributed by atoms with Gasteiger partial charge in [-0.3, -0.25) is 9.59 Å². The molecule has 0 bridgehead atoms. The molecule has 0 aliphatic carbocycles. The van der Waals surface area contributed by atoms with Gasteiger partial charge in [0, 0.05) is 37.6 Å². The van der Waals surface area contributed by atoms with Crippen LogP contribution in [0, 0.1) is 0 Å². The summed E-state index contributed by atoms with van der Waals surface area (Å²) in [4.78, 5) is 27.8. The van der Waals surface area contributed by atoms with Crippen LogP contribution in [0.3, 0.4) is 0 Å². The van der Waals surface area contributed by atoms with E-state index in [2.05, 4.69) is 24.1 Å². The first-order chi connectivity index (χ1) is 11.8. The fourth-order valence-electron chi connectivity index (χ4n) is 2.94. The minimum Gasteiger partial charge on any atom is -0.372 e. The van der Waals surface area contributed by atoms with Gasteiger partial charge in [0.25, 0.3) is 0 Å². The highest BCUT2D eigenvalue weighted by Crippen LogP contribution is 2.19. The Morgan fingerprint density at radius 1 is 1.16 bits per heavy atom. The lowest BCUT2D eigenvalue weighted by molar-refractivity contribution is -0.143. The molecule has 1 unspecified atom stereocenters. The van der Waals surface area contributed by atoms with Gasteiger partial charge in [-0.05, 0) is 44.5 Å². The lowest BCUT2D eigenvalue weighted by atomic mass is 10.2. The van der Waals surface area contributed by atoms with E-state index in [-0.39, 0.29) is 11.5 Å². The maximum atomic E-state index is 12.2. The first-order valence-electron chi connectivity index (χ1n) is 8.41. The molecule has 1 aromatic carbocycles. The number of rotatable bonds is 5. The minimum absolute atomic E-state index is 0.0593. The van der Waals surface area contributed by atoms with Gasteiger partial charge in [-0.2, -0.15) is 0 Å². The molecule has 7 nitrogen and oxygen atoms in total. The molecule has 0 spiro atoms. The van der Waals surface area contributed by atoms with Crippen LogP contribution in [0.4, 0.5) is 11.4 Å². The molecule has 2 amide bonds. The summed E-state index contributed by atoms with van der Waals surface area (Å²) in [6.07, 6.45) is 0.371. The number of benzene rings is 1. The van der Waals surface area contributed by atoms with Crippen LogP contribution in [0.5, 0.6) is 0 Å². The molecule has 8 heteroatoms. The van der Waals surface area contributed by atoms with Crippen LogP contribution in [0.25, 0.3) is 0 Å². The van der Waals surface area contributed by atoms with E-state index < -0.39 is 27.7 Å². The molecule has 138 valence electrons. The van der Waals surface area contributed by atoms with Crippen LogP contribution >= 0.6 is 0 Å². The fraction of sp³-hybridized carbons (Fsp3) is 0.529. The molecular formula is C17H25N3O4S. The number of anilines is 2. The number of amides is 2. The molecule has 0 aromatic heterocycles. The summed E-state index contributed by atoms with van der Waals surface area (Å²) in [6, 6.07) is 6.84. The highest BCUT2D eigenvalue weighted by atomic mass is 32.2. The summed E-state index contributed by atoms with van der Waals surface area (Å²) >= 11 is 0. The highest BCUT2D eigenvalue weighted by Gasteiger charge is 2.34. The van der Waals surface area contributed by atoms with Crippen molar-refractivity contribution in [2.45, 2.75) is 26.3 Å². The zero-order chi connectivity index (χ0) is 18.6. The van der Waals surface area contributed by atoms with Gasteiger partial charge in [0.1, 0.15) is 0 Å². The molecule has 0 radical (unpaired) electrons. The van der Waals surface area contributed by atoms with Crippen molar-refractivity contribution in [3.8, 4) is 0 Å². The molecule has 1 atom stereocenters. The van der Waals surface area contributed by atoms with Crippen LogP contribution in [0.1, 0.15) is 20.3 Å². The Morgan fingerprint density at radius 3 is 2.24 bits per heavy atom. The zero-order valence-electron chi connectivity index (χ0n) is 14.9. The molecule has 1 aliphatic rings. The topological polar surface area (TPSA) is 86.8 Å². The second-order valence-electron chi connectivity index (χ2n) is 6.15. The van der Waals surface area contributed by atoms with Crippen LogP contribution in [0.15, 0.2) is 24.3 Å². The van der Waals surface area contributed by atoms with Crippen molar-refractivity contribution in [1.29, 1.82) is 0 Å². The number of sulfone groups is 1. The van der Waals surface area contributed by atoms with Crippen molar-refractivity contribution in [3.63, 3.8) is 0 Å². The first kappa shape index (κ1) is 19.2. The third kappa shape index (κ3) is 4.72. The maximum absolute atomic E-state index is 12.2. The van der Waals surface area contributed by atoms with E-state index in [1.54, 1.807) is 12.1 Å². The quantitative estimate of drug-likeness (QED) is 0.788. The molecule has 1 heterocycles. The molecule has 1 fully saturated rings. The Morgan fingerprint density at radius 2 is 1.76 bits per heavy atom. The summed E-state index contributed by atoms with van der Waals surface area (Å²) in [7, 11) is -1.64. The highest BCUT2D eigenvalue weighted by molar-refractivity contribution is 7.91. The van der Waals surface area contributed by atoms with Gasteiger partial charge in [0.05, 0.1) is 11.5 Å². The van der Waals surface area contributed by atoms with Gasteiger partial charge in [-0.25, -0.2) is 8.42 Å². The number of nitrogens with one attached hydrogen (secondary N) is 1. The summed E-state index contributed by atoms with van der Waals surface area (Å²) in [6.45, 7) is 5.90. The standard InChI is InChI=1S/C17H25N3O4S/c1-4-20(5-2)14-8-6-13(7-9-14)18-16(21)17(22)19(3)15-10-11-25(23,24)12-15/h6-9,15H,4-5,10-12H2,1-3H3,(H,18,21). The SMILES string of the molecule is CCN(CC)c1ccc(NC(=O)C(=O)N(C)C2CCS(=O)(=O)C2)cc1. The number of hydrogen-bond donors (Lipinski definition) is 1. The monoisotopic (exact) mass is 367 g/mol. The largest absolute Gasteiger partial charge is 0.372 e. The van der Waals surface area contributed by atoms with Crippen LogP contribution < -0.4 is 10.2 Å². The normalized spacial score (nSPS) is 18.6. The predicted molar refractivity (Wildman–Crippen MR) is 98.5 cm³/mol. The van der Waals surface area contributed by atoms with Crippen molar-refractivity contribution in [1.82, 2.24) is 4.90 Å². The Kier molecular flexibility index (Phi) is 6.05. The molecule has 2 rings (SSSR count). The third-order valence-corrected chi connectivity index (χ3v) is 6.27. The second-order valence-corrected chi connectivity index (χ2v) is 8.37. The van der Waals surface area contributed by atoms with Gasteiger partial charge in [0.15, 0.2) is 9.84 Å². The lowest BCUT2D eigenvalue weighted by Crippen LogP contribution is -2.43. The molecule has 0 saturated carbocycles. The van der Waals surface area contributed by atoms with Crippen molar-refractivity contribution >= 4 is 33.0 Å². The maximum Gasteiger partial charge on any atom is 0.313 e. The average Bonchev–Trinajstić information content (AvgIpc) is 2.96. The number of likely N-dealkylation sites (N-methyl/N-ethyl adjacent to an activating group) is 1. The molecular weight excluding hydrogens is 342 g/mol. The van der Waals surface area contributed by atoms with Crippen LogP contribution in [-0.4, -0.2) is 62.8 Å². The van der Waals surface area contributed by atoms with Gasteiger partial charge in [-0.15, -0.1) is 0 Å². The fourth-order valence-corrected chi connectivity index (χ4v) is 4.71. The van der Waals surface area contributed by atoms with Crippen molar-refractivity contribution < 1.29 is 18.0 Å². The molecule has 1 N–H and O–H groups in total. The second kappa shape index (κ2) is 7.86. The lowest BCUT2D eigenvalue weighted by Gasteiger charge is -2.23. The third-order valence-electron chi connectivity index (χ3n) is 4.52. The first-order valence-corrected chi connectivity index (χ1v) is 10.2. The van der Waals surface area contributed by atoms with Gasteiger partial charge in [-0.1, -0.05) is 0 Å². The Balaban J connectivity index is 1.98. The van der Waals surface area contributed by atoms with E-state index in [1.165, 1.54) is 11.9 Å². The molecule has 1 aromatic rings. The number of carbonyl (C=O) groups is 2. The predicted octanol–water partition coefficient (Wildman–Crippen LogP) is 1.12. The summed E-state index contributed by atoms with van der Waals surface area (Å²) < 4.78 is 23.0. The number of hydrogen-bond acceptors (Lipinski definition) is 5. The van der Waals surface area contributed by atoms with Crippen LogP contribution in [0.2, 0.25) is 0 Å². The number of carbonyl (C=O) groups excluding carboxylic acids is 2. The number of nitrogens with zero attached hydrogens (tertiary/aromatic N) is 2. The van der Waals surface area contributed by atoms with Crippen molar-refractivity contribution in [2.75, 3.05) is 41.9 Å². The van der Waals surface area contributed by atoms with Gasteiger partial charge < -0.3 is 15.1 Å². The van der Waals surface area contributed by atoms with Crippen molar-refractivity contribution in [3.05, 3.63) is 24.3 Å². The Hall–Kier alpha value is -2.09. The van der Waals surface area contributed by atoms with E-state index in [0.717, 1.165) is 18.8 Å². The van der Waals surface area contributed by atoms with E-state index in [1.807, 2.05) is 12.1 Å². The Bertz CT molecular complexity index is 727. The molecule has 1 saturated heterocycles. The van der Waals surface area contributed by atoms with Crippen molar-refractivity contribution in [2.24, 2.45) is 0 Å². The van der Waals surface area contributed by atoms with Crippen LogP contribution in [-0.2, 0) is 19.4 Å². The van der Waals surface area contributed by atoms with E-state index in [0.29, 0.717) is 12.1 Å². The van der Waals surface area contributed by atoms with E-state index in [4.69, 9.17) is 0 Å². The van der Waals surface area contributed by atoms with E-state index >= 15 is 0 Å². The summed E-state index contributed by atoms with van der Waals surface area (Å²) in [5.41, 5.74) is 1.57. The molecule has 1 aliphatic heterocycles. The molecule has 25 heavy (non-hydrogen) atoms. The van der Waals surface area contributed by atoms with Gasteiger partial charge >= 0.3 is 11.8 Å². The summed E-state index contributed by atoms with van der Waals surface area (Å²) in [5, 5.41) is 2.57. The van der Waals surface area contributed by atoms with Gasteiger partial charge in [0.2, 0.25) is 0 Å². The van der Waals surface area contributed by atoms with E-state index in [9.17, 15) is 18.0 Å².